The Morgan fingerprint density at radius 2 is 2.12 bits per heavy atom. The number of aryl methyl sites for hydroxylation is 1. The quantitative estimate of drug-likeness (QED) is 0.715. The van der Waals surface area contributed by atoms with Crippen LogP contribution in [0.25, 0.3) is 0 Å². The zero-order valence-electron chi connectivity index (χ0n) is 10.3. The third kappa shape index (κ3) is 4.19. The summed E-state index contributed by atoms with van der Waals surface area (Å²) in [6.07, 6.45) is 5.60. The minimum atomic E-state index is 0.123. The Hall–Kier alpha value is -1.09. The van der Waals surface area contributed by atoms with Crippen LogP contribution in [-0.2, 0) is 6.54 Å². The molecule has 1 rings (SSSR count). The van der Waals surface area contributed by atoms with Gasteiger partial charge in [-0.3, -0.25) is 4.79 Å². The van der Waals surface area contributed by atoms with E-state index in [1.54, 1.807) is 4.57 Å². The van der Waals surface area contributed by atoms with E-state index in [9.17, 15) is 4.79 Å². The van der Waals surface area contributed by atoms with E-state index in [-0.39, 0.29) is 5.56 Å². The van der Waals surface area contributed by atoms with Gasteiger partial charge in [0.15, 0.2) is 0 Å². The number of unbranched alkanes of at least 4 members (excludes halogenated alkanes) is 2. The van der Waals surface area contributed by atoms with Crippen molar-refractivity contribution in [3.8, 4) is 0 Å². The van der Waals surface area contributed by atoms with Crippen LogP contribution in [0.1, 0.15) is 31.7 Å². The number of nitrogens with one attached hydrogen (secondary N) is 1. The predicted molar refractivity (Wildman–Crippen MR) is 67.8 cm³/mol. The Morgan fingerprint density at radius 3 is 2.88 bits per heavy atom. The van der Waals surface area contributed by atoms with Gasteiger partial charge in [-0.05, 0) is 26.0 Å². The maximum Gasteiger partial charge on any atom is 0.253 e. The molecule has 0 spiro atoms. The van der Waals surface area contributed by atoms with E-state index < -0.39 is 0 Å². The molecule has 1 aromatic heterocycles. The second-order valence-corrected chi connectivity index (χ2v) is 4.15. The average molecular weight is 222 g/mol. The van der Waals surface area contributed by atoms with Crippen LogP contribution in [0.2, 0.25) is 0 Å². The summed E-state index contributed by atoms with van der Waals surface area (Å²) in [7, 11) is 0. The predicted octanol–water partition coefficient (Wildman–Crippen LogP) is 1.94. The van der Waals surface area contributed by atoms with Crippen LogP contribution in [0.3, 0.4) is 0 Å². The molecule has 0 aliphatic heterocycles. The van der Waals surface area contributed by atoms with Gasteiger partial charge in [-0.15, -0.1) is 0 Å². The van der Waals surface area contributed by atoms with Gasteiger partial charge in [0.2, 0.25) is 0 Å². The van der Waals surface area contributed by atoms with Gasteiger partial charge in [0.25, 0.3) is 5.56 Å². The molecule has 0 bridgehead atoms. The SMILES string of the molecule is CCCCCNCCn1cccc(C)c1=O. The van der Waals surface area contributed by atoms with Crippen molar-refractivity contribution in [1.29, 1.82) is 0 Å². The summed E-state index contributed by atoms with van der Waals surface area (Å²) >= 11 is 0. The largest absolute Gasteiger partial charge is 0.315 e. The Labute approximate surface area is 97.5 Å². The Bertz CT molecular complexity index is 357. The summed E-state index contributed by atoms with van der Waals surface area (Å²) in [5.41, 5.74) is 0.936. The summed E-state index contributed by atoms with van der Waals surface area (Å²) < 4.78 is 1.77. The third-order valence-corrected chi connectivity index (χ3v) is 2.70. The lowest BCUT2D eigenvalue weighted by molar-refractivity contribution is 0.560. The van der Waals surface area contributed by atoms with Crippen molar-refractivity contribution in [2.45, 2.75) is 39.7 Å². The second kappa shape index (κ2) is 7.23. The van der Waals surface area contributed by atoms with Crippen molar-refractivity contribution < 1.29 is 0 Å². The van der Waals surface area contributed by atoms with E-state index in [0.717, 1.165) is 25.2 Å². The number of nitrogens with zero attached hydrogens (tertiary/aromatic N) is 1. The minimum Gasteiger partial charge on any atom is -0.315 e. The molecule has 0 saturated heterocycles. The van der Waals surface area contributed by atoms with Crippen molar-refractivity contribution in [1.82, 2.24) is 9.88 Å². The fourth-order valence-corrected chi connectivity index (χ4v) is 1.66. The molecule has 1 heterocycles. The first kappa shape index (κ1) is 13.0. The molecule has 0 aliphatic carbocycles. The van der Waals surface area contributed by atoms with E-state index in [0.29, 0.717) is 0 Å². The summed E-state index contributed by atoms with van der Waals surface area (Å²) in [6, 6.07) is 3.78. The molecular formula is C13H22N2O. The van der Waals surface area contributed by atoms with Gasteiger partial charge >= 0.3 is 0 Å². The summed E-state index contributed by atoms with van der Waals surface area (Å²) in [5.74, 6) is 0. The highest BCUT2D eigenvalue weighted by molar-refractivity contribution is 5.07. The van der Waals surface area contributed by atoms with Gasteiger partial charge in [-0.25, -0.2) is 0 Å². The van der Waals surface area contributed by atoms with E-state index in [1.807, 2.05) is 25.3 Å². The fraction of sp³-hybridized carbons (Fsp3) is 0.615. The maximum absolute atomic E-state index is 11.7. The lowest BCUT2D eigenvalue weighted by atomic mass is 10.2. The van der Waals surface area contributed by atoms with Crippen LogP contribution in [-0.4, -0.2) is 17.7 Å². The zero-order chi connectivity index (χ0) is 11.8. The van der Waals surface area contributed by atoms with Crippen molar-refractivity contribution in [2.24, 2.45) is 0 Å². The summed E-state index contributed by atoms with van der Waals surface area (Å²) in [5, 5.41) is 3.36. The molecule has 16 heavy (non-hydrogen) atoms. The van der Waals surface area contributed by atoms with Crippen LogP contribution in [0.5, 0.6) is 0 Å². The van der Waals surface area contributed by atoms with E-state index in [1.165, 1.54) is 19.3 Å². The molecule has 1 aromatic rings. The van der Waals surface area contributed by atoms with E-state index in [2.05, 4.69) is 12.2 Å². The number of aromatic nitrogens is 1. The highest BCUT2D eigenvalue weighted by atomic mass is 16.1. The van der Waals surface area contributed by atoms with Gasteiger partial charge in [-0.1, -0.05) is 25.8 Å². The molecule has 3 nitrogen and oxygen atoms in total. The van der Waals surface area contributed by atoms with Crippen LogP contribution in [0.15, 0.2) is 23.1 Å². The second-order valence-electron chi connectivity index (χ2n) is 4.15. The number of rotatable bonds is 7. The normalized spacial score (nSPS) is 10.6. The average Bonchev–Trinajstić information content (AvgIpc) is 2.29. The zero-order valence-corrected chi connectivity index (χ0v) is 10.3. The Kier molecular flexibility index (Phi) is 5.86. The molecule has 0 fully saturated rings. The molecule has 0 radical (unpaired) electrons. The van der Waals surface area contributed by atoms with Crippen LogP contribution >= 0.6 is 0 Å². The van der Waals surface area contributed by atoms with Gasteiger partial charge in [0.05, 0.1) is 0 Å². The smallest absolute Gasteiger partial charge is 0.253 e. The molecule has 0 aromatic carbocycles. The number of pyridine rings is 1. The first-order valence-electron chi connectivity index (χ1n) is 6.12. The van der Waals surface area contributed by atoms with E-state index >= 15 is 0 Å². The van der Waals surface area contributed by atoms with Crippen LogP contribution < -0.4 is 10.9 Å². The number of hydrogen-bond donors (Lipinski definition) is 1. The Morgan fingerprint density at radius 1 is 1.31 bits per heavy atom. The fourth-order valence-electron chi connectivity index (χ4n) is 1.66. The maximum atomic E-state index is 11.7. The molecule has 0 atom stereocenters. The molecular weight excluding hydrogens is 200 g/mol. The monoisotopic (exact) mass is 222 g/mol. The molecule has 3 heteroatoms. The van der Waals surface area contributed by atoms with E-state index in [4.69, 9.17) is 0 Å². The highest BCUT2D eigenvalue weighted by Gasteiger charge is 1.97. The van der Waals surface area contributed by atoms with Gasteiger partial charge in [-0.2, -0.15) is 0 Å². The molecule has 1 N–H and O–H groups in total. The van der Waals surface area contributed by atoms with Crippen molar-refractivity contribution >= 4 is 0 Å². The first-order chi connectivity index (χ1) is 7.75. The van der Waals surface area contributed by atoms with Gasteiger partial charge < -0.3 is 9.88 Å². The lowest BCUT2D eigenvalue weighted by Gasteiger charge is -2.07. The van der Waals surface area contributed by atoms with Gasteiger partial charge in [0.1, 0.15) is 0 Å². The number of hydrogen-bond acceptors (Lipinski definition) is 2. The van der Waals surface area contributed by atoms with Crippen molar-refractivity contribution in [2.75, 3.05) is 13.1 Å². The molecule has 0 saturated carbocycles. The molecule has 0 amide bonds. The minimum absolute atomic E-state index is 0.123. The summed E-state index contributed by atoms with van der Waals surface area (Å²) in [6.45, 7) is 6.73. The van der Waals surface area contributed by atoms with Crippen LogP contribution in [0, 0.1) is 6.92 Å². The van der Waals surface area contributed by atoms with Gasteiger partial charge in [0, 0.05) is 24.8 Å². The highest BCUT2D eigenvalue weighted by Crippen LogP contribution is 1.91. The van der Waals surface area contributed by atoms with Crippen molar-refractivity contribution in [3.05, 3.63) is 34.2 Å². The Balaban J connectivity index is 2.27. The summed E-state index contributed by atoms with van der Waals surface area (Å²) in [4.78, 5) is 11.7. The third-order valence-electron chi connectivity index (χ3n) is 2.70. The first-order valence-corrected chi connectivity index (χ1v) is 6.12. The van der Waals surface area contributed by atoms with Crippen molar-refractivity contribution in [3.63, 3.8) is 0 Å². The lowest BCUT2D eigenvalue weighted by Crippen LogP contribution is -2.28. The molecule has 0 unspecified atom stereocenters. The van der Waals surface area contributed by atoms with Crippen LogP contribution in [0.4, 0.5) is 0 Å². The molecule has 90 valence electrons. The molecule has 0 aliphatic rings. The topological polar surface area (TPSA) is 34.0 Å². The standard InChI is InChI=1S/C13H22N2O/c1-3-4-5-8-14-9-11-15-10-6-7-12(2)13(15)16/h6-7,10,14H,3-5,8-9,11H2,1-2H3.